The molecule has 0 radical (unpaired) electrons. The summed E-state index contributed by atoms with van der Waals surface area (Å²) in [4.78, 5) is 22.2. The number of aryl methyl sites for hydroxylation is 2. The molecule has 0 unspecified atom stereocenters. The summed E-state index contributed by atoms with van der Waals surface area (Å²) >= 11 is 0. The summed E-state index contributed by atoms with van der Waals surface area (Å²) in [7, 11) is 0. The average molecular weight is 460 g/mol. The van der Waals surface area contributed by atoms with Gasteiger partial charge in [0.15, 0.2) is 0 Å². The largest absolute Gasteiger partial charge is 0.464 e. The zero-order valence-corrected chi connectivity index (χ0v) is 16.2. The lowest BCUT2D eigenvalue weighted by Crippen LogP contribution is -2.37. The minimum Gasteiger partial charge on any atom is -0.464 e. The Morgan fingerprint density at radius 1 is 0.742 bits per heavy atom. The van der Waals surface area contributed by atoms with E-state index in [-0.39, 0.29) is 26.1 Å². The Hall–Kier alpha value is -2.34. The molecule has 0 aliphatic rings. The zero-order valence-electron chi connectivity index (χ0n) is 16.2. The summed E-state index contributed by atoms with van der Waals surface area (Å²) in [6, 6.07) is 7.03. The third-order valence-corrected chi connectivity index (χ3v) is 4.10. The highest BCUT2D eigenvalue weighted by Gasteiger charge is 2.45. The number of alkyl halides is 6. The van der Waals surface area contributed by atoms with Crippen LogP contribution in [0.1, 0.15) is 30.4 Å². The van der Waals surface area contributed by atoms with Crippen LogP contribution in [0.5, 0.6) is 0 Å². The summed E-state index contributed by atoms with van der Waals surface area (Å²) in [5.41, 5.74) is 1.70. The highest BCUT2D eigenvalue weighted by atomic mass is 19.4. The van der Waals surface area contributed by atoms with Crippen LogP contribution in [0.25, 0.3) is 0 Å². The summed E-state index contributed by atoms with van der Waals surface area (Å²) in [5.74, 6) is -3.54. The second kappa shape index (κ2) is 11.9. The van der Waals surface area contributed by atoms with Gasteiger partial charge in [-0.1, -0.05) is 24.3 Å². The lowest BCUT2D eigenvalue weighted by atomic mass is 9.99. The van der Waals surface area contributed by atoms with Gasteiger partial charge in [0.2, 0.25) is 12.2 Å². The number of halogens is 6. The number of carbonyl (C=O) groups is 2. The molecule has 0 amide bonds. The number of aliphatic hydroxyl groups is 2. The fourth-order valence-electron chi connectivity index (χ4n) is 2.50. The first-order valence-electron chi connectivity index (χ1n) is 9.23. The van der Waals surface area contributed by atoms with E-state index in [2.05, 4.69) is 9.47 Å². The van der Waals surface area contributed by atoms with Crippen LogP contribution in [0.15, 0.2) is 24.3 Å². The SMILES string of the molecule is O=C(OCCCCc1ccccc1CCCOC(=O)[C@H](O)C(F)(F)F)[C@H](O)C(F)(F)F. The van der Waals surface area contributed by atoms with Gasteiger partial charge in [-0.2, -0.15) is 26.3 Å². The first-order valence-corrected chi connectivity index (χ1v) is 9.23. The van der Waals surface area contributed by atoms with Crippen LogP contribution < -0.4 is 0 Å². The summed E-state index contributed by atoms with van der Waals surface area (Å²) < 4.78 is 81.9. The standard InChI is InChI=1S/C19H22F6O6/c20-18(21,22)14(26)16(28)30-10-4-3-8-12-6-1-2-7-13(12)9-5-11-31-17(29)15(27)19(23,24)25/h1-2,6-7,14-15,26-27H,3-5,8-11H2/t14-,15-/m0/s1. The molecule has 0 bridgehead atoms. The molecule has 6 nitrogen and oxygen atoms in total. The lowest BCUT2D eigenvalue weighted by Gasteiger charge is -2.14. The van der Waals surface area contributed by atoms with Crippen molar-refractivity contribution in [3.63, 3.8) is 0 Å². The molecule has 1 rings (SSSR count). The van der Waals surface area contributed by atoms with E-state index < -0.39 is 36.5 Å². The van der Waals surface area contributed by atoms with Crippen molar-refractivity contribution in [1.82, 2.24) is 0 Å². The van der Waals surface area contributed by atoms with Gasteiger partial charge in [-0.15, -0.1) is 0 Å². The molecule has 0 aliphatic heterocycles. The van der Waals surface area contributed by atoms with Crippen molar-refractivity contribution in [2.75, 3.05) is 13.2 Å². The molecular formula is C19H22F6O6. The summed E-state index contributed by atoms with van der Waals surface area (Å²) in [5, 5.41) is 17.5. The summed E-state index contributed by atoms with van der Waals surface area (Å²) in [6.45, 7) is -0.622. The lowest BCUT2D eigenvalue weighted by molar-refractivity contribution is -0.219. The molecule has 1 aromatic rings. The molecule has 0 fully saturated rings. The smallest absolute Gasteiger partial charge is 0.425 e. The number of unbranched alkanes of at least 4 members (excludes halogenated alkanes) is 1. The first kappa shape index (κ1) is 26.7. The van der Waals surface area contributed by atoms with E-state index >= 15 is 0 Å². The Morgan fingerprint density at radius 3 is 1.55 bits per heavy atom. The van der Waals surface area contributed by atoms with Gasteiger partial charge in [0.25, 0.3) is 0 Å². The average Bonchev–Trinajstić information content (AvgIpc) is 2.68. The van der Waals surface area contributed by atoms with Crippen molar-refractivity contribution in [2.45, 2.75) is 56.7 Å². The highest BCUT2D eigenvalue weighted by molar-refractivity contribution is 5.75. The molecule has 0 heterocycles. The quantitative estimate of drug-likeness (QED) is 0.300. The molecular weight excluding hydrogens is 438 g/mol. The number of aliphatic hydroxyl groups excluding tert-OH is 2. The number of carbonyl (C=O) groups excluding carboxylic acids is 2. The molecule has 0 aromatic heterocycles. The molecule has 31 heavy (non-hydrogen) atoms. The zero-order chi connectivity index (χ0) is 23.7. The maximum Gasteiger partial charge on any atom is 0.425 e. The molecule has 2 atom stereocenters. The molecule has 0 aliphatic carbocycles. The maximum atomic E-state index is 12.2. The van der Waals surface area contributed by atoms with Crippen LogP contribution in [0.2, 0.25) is 0 Å². The molecule has 1 aromatic carbocycles. The van der Waals surface area contributed by atoms with Gasteiger partial charge in [0, 0.05) is 0 Å². The molecule has 0 saturated heterocycles. The number of hydrogen-bond acceptors (Lipinski definition) is 6. The second-order valence-electron chi connectivity index (χ2n) is 6.55. The van der Waals surface area contributed by atoms with Crippen molar-refractivity contribution in [3.05, 3.63) is 35.4 Å². The van der Waals surface area contributed by atoms with E-state index in [1.165, 1.54) is 0 Å². The Labute approximate surface area is 173 Å². The molecule has 12 heteroatoms. The fourth-order valence-corrected chi connectivity index (χ4v) is 2.50. The Kier molecular flexibility index (Phi) is 10.2. The monoisotopic (exact) mass is 460 g/mol. The number of benzene rings is 1. The van der Waals surface area contributed by atoms with Crippen molar-refractivity contribution >= 4 is 11.9 Å². The van der Waals surface area contributed by atoms with E-state index in [1.54, 1.807) is 24.3 Å². The van der Waals surface area contributed by atoms with Crippen LogP contribution in [-0.4, -0.2) is 59.9 Å². The van der Waals surface area contributed by atoms with Gasteiger partial charge in [0.1, 0.15) is 0 Å². The van der Waals surface area contributed by atoms with Crippen LogP contribution in [0, 0.1) is 0 Å². The number of rotatable bonds is 11. The van der Waals surface area contributed by atoms with Crippen molar-refractivity contribution in [1.29, 1.82) is 0 Å². The maximum absolute atomic E-state index is 12.2. The van der Waals surface area contributed by atoms with Gasteiger partial charge in [0.05, 0.1) is 13.2 Å². The first-order chi connectivity index (χ1) is 14.3. The highest BCUT2D eigenvalue weighted by Crippen LogP contribution is 2.22. The third-order valence-electron chi connectivity index (χ3n) is 4.10. The minimum atomic E-state index is -5.09. The molecule has 2 N–H and O–H groups in total. The van der Waals surface area contributed by atoms with E-state index in [4.69, 9.17) is 10.2 Å². The number of esters is 2. The van der Waals surface area contributed by atoms with Gasteiger partial charge in [-0.05, 0) is 43.2 Å². The van der Waals surface area contributed by atoms with E-state index in [9.17, 15) is 35.9 Å². The Bertz CT molecular complexity index is 719. The van der Waals surface area contributed by atoms with E-state index in [1.807, 2.05) is 0 Å². The molecule has 0 spiro atoms. The van der Waals surface area contributed by atoms with Crippen molar-refractivity contribution in [2.24, 2.45) is 0 Å². The van der Waals surface area contributed by atoms with Crippen molar-refractivity contribution < 1.29 is 55.6 Å². The van der Waals surface area contributed by atoms with Crippen molar-refractivity contribution in [3.8, 4) is 0 Å². The normalized spacial score (nSPS) is 14.1. The topological polar surface area (TPSA) is 93.1 Å². The van der Waals surface area contributed by atoms with E-state index in [0.717, 1.165) is 11.1 Å². The van der Waals surface area contributed by atoms with Gasteiger partial charge >= 0.3 is 24.3 Å². The third kappa shape index (κ3) is 9.55. The van der Waals surface area contributed by atoms with E-state index in [0.29, 0.717) is 19.3 Å². The predicted molar refractivity (Wildman–Crippen MR) is 93.7 cm³/mol. The number of hydrogen-bond donors (Lipinski definition) is 2. The van der Waals surface area contributed by atoms with Crippen LogP contribution >= 0.6 is 0 Å². The minimum absolute atomic E-state index is 0.209. The fraction of sp³-hybridized carbons (Fsp3) is 0.579. The molecule has 0 saturated carbocycles. The summed E-state index contributed by atoms with van der Waals surface area (Å²) in [6.07, 6.45) is -14.8. The van der Waals surface area contributed by atoms with Gasteiger partial charge in [-0.25, -0.2) is 9.59 Å². The van der Waals surface area contributed by atoms with Crippen LogP contribution in [0.4, 0.5) is 26.3 Å². The predicted octanol–water partition coefficient (Wildman–Crippen LogP) is 2.87. The van der Waals surface area contributed by atoms with Gasteiger partial charge < -0.3 is 19.7 Å². The Morgan fingerprint density at radius 2 is 1.13 bits per heavy atom. The van der Waals surface area contributed by atoms with Crippen LogP contribution in [0.3, 0.4) is 0 Å². The second-order valence-corrected chi connectivity index (χ2v) is 6.55. The Balaban J connectivity index is 2.37. The molecule has 176 valence electrons. The number of ether oxygens (including phenoxy) is 2. The van der Waals surface area contributed by atoms with Gasteiger partial charge in [-0.3, -0.25) is 0 Å². The van der Waals surface area contributed by atoms with Crippen LogP contribution in [-0.2, 0) is 31.9 Å².